The molecule has 0 aromatic heterocycles. The maximum absolute atomic E-state index is 11.4. The molecule has 0 unspecified atom stereocenters. The number of benzene rings is 1. The Morgan fingerprint density at radius 3 is 2.55 bits per heavy atom. The molecule has 1 aliphatic rings. The first kappa shape index (κ1) is 15.0. The molecule has 1 aromatic carbocycles. The quantitative estimate of drug-likeness (QED) is 0.810. The fourth-order valence-electron chi connectivity index (χ4n) is 3.16. The van der Waals surface area contributed by atoms with Crippen LogP contribution in [-0.4, -0.2) is 11.9 Å². The number of carbonyl (C=O) groups excluding carboxylic acids is 1. The van der Waals surface area contributed by atoms with Crippen LogP contribution in [0.5, 0.6) is 0 Å². The van der Waals surface area contributed by atoms with Gasteiger partial charge in [-0.1, -0.05) is 43.9 Å². The molecule has 0 bridgehead atoms. The molecular formula is C17H26N2O. The maximum Gasteiger partial charge on any atom is 0.249 e. The zero-order chi connectivity index (χ0) is 14.4. The summed E-state index contributed by atoms with van der Waals surface area (Å²) in [5.41, 5.74) is 7.05. The number of amides is 1. The summed E-state index contributed by atoms with van der Waals surface area (Å²) in [6.07, 6.45) is 8.13. The lowest BCUT2D eigenvalue weighted by Crippen LogP contribution is -2.33. The van der Waals surface area contributed by atoms with Crippen molar-refractivity contribution in [2.75, 3.05) is 0 Å². The second-order valence-corrected chi connectivity index (χ2v) is 5.94. The first-order chi connectivity index (χ1) is 9.68. The average molecular weight is 274 g/mol. The van der Waals surface area contributed by atoms with Crippen molar-refractivity contribution in [2.24, 2.45) is 11.7 Å². The zero-order valence-corrected chi connectivity index (χ0v) is 12.4. The summed E-state index contributed by atoms with van der Waals surface area (Å²) in [5, 5.41) is 3.58. The van der Waals surface area contributed by atoms with Gasteiger partial charge in [0, 0.05) is 18.2 Å². The number of primary amides is 1. The molecule has 1 fully saturated rings. The first-order valence-corrected chi connectivity index (χ1v) is 7.79. The summed E-state index contributed by atoms with van der Waals surface area (Å²) in [4.78, 5) is 11.4. The monoisotopic (exact) mass is 274 g/mol. The number of hydrogen-bond acceptors (Lipinski definition) is 2. The third-order valence-corrected chi connectivity index (χ3v) is 4.50. The fourth-order valence-corrected chi connectivity index (χ4v) is 3.16. The Morgan fingerprint density at radius 1 is 1.25 bits per heavy atom. The topological polar surface area (TPSA) is 55.1 Å². The van der Waals surface area contributed by atoms with Gasteiger partial charge in [-0.25, -0.2) is 0 Å². The van der Waals surface area contributed by atoms with Crippen LogP contribution in [0, 0.1) is 5.92 Å². The second kappa shape index (κ2) is 7.44. The number of nitrogens with two attached hydrogens (primary N) is 1. The first-order valence-electron chi connectivity index (χ1n) is 7.79. The molecule has 0 saturated heterocycles. The predicted molar refractivity (Wildman–Crippen MR) is 82.5 cm³/mol. The Hall–Kier alpha value is -1.35. The van der Waals surface area contributed by atoms with Gasteiger partial charge in [0.05, 0.1) is 0 Å². The summed E-state index contributed by atoms with van der Waals surface area (Å²) < 4.78 is 0. The normalized spacial score (nSPS) is 18.4. The van der Waals surface area contributed by atoms with Gasteiger partial charge in [-0.2, -0.15) is 0 Å². The van der Waals surface area contributed by atoms with Gasteiger partial charge >= 0.3 is 0 Å². The Balaban J connectivity index is 1.92. The second-order valence-electron chi connectivity index (χ2n) is 5.94. The van der Waals surface area contributed by atoms with E-state index in [4.69, 9.17) is 5.73 Å². The molecule has 1 atom stereocenters. The maximum atomic E-state index is 11.4. The van der Waals surface area contributed by atoms with Gasteiger partial charge in [-0.3, -0.25) is 4.79 Å². The number of hydrogen-bond donors (Lipinski definition) is 2. The van der Waals surface area contributed by atoms with E-state index in [0.29, 0.717) is 11.6 Å². The van der Waals surface area contributed by atoms with E-state index in [0.717, 1.165) is 18.0 Å². The molecular weight excluding hydrogens is 248 g/mol. The third kappa shape index (κ3) is 4.07. The Labute approximate surface area is 121 Å². The molecule has 1 saturated carbocycles. The van der Waals surface area contributed by atoms with Gasteiger partial charge in [-0.15, -0.1) is 0 Å². The molecule has 1 aromatic rings. The predicted octanol–water partition coefficient (Wildman–Crippen LogP) is 3.23. The fraction of sp³-hybridized carbons (Fsp3) is 0.588. The van der Waals surface area contributed by atoms with Crippen molar-refractivity contribution in [1.82, 2.24) is 5.32 Å². The summed E-state index contributed by atoms with van der Waals surface area (Å²) in [6.45, 7) is 2.99. The molecule has 110 valence electrons. The number of rotatable bonds is 5. The van der Waals surface area contributed by atoms with E-state index in [1.165, 1.54) is 38.5 Å². The van der Waals surface area contributed by atoms with E-state index < -0.39 is 0 Å². The van der Waals surface area contributed by atoms with Crippen LogP contribution in [0.25, 0.3) is 0 Å². The van der Waals surface area contributed by atoms with Gasteiger partial charge in [0.15, 0.2) is 0 Å². The molecule has 2 rings (SSSR count). The minimum absolute atomic E-state index is 0.343. The standard InChI is InChI=1S/C17H26N2O/c1-13(14-8-4-2-3-5-9-14)19-12-15-10-6-7-11-16(15)17(18)20/h6-7,10-11,13-14,19H,2-5,8-9,12H2,1H3,(H2,18,20)/t13-/m1/s1. The van der Waals surface area contributed by atoms with Crippen LogP contribution >= 0.6 is 0 Å². The van der Waals surface area contributed by atoms with Crippen LogP contribution in [0.2, 0.25) is 0 Å². The lowest BCUT2D eigenvalue weighted by atomic mass is 9.92. The largest absolute Gasteiger partial charge is 0.366 e. The summed E-state index contributed by atoms with van der Waals surface area (Å²) in [5.74, 6) is 0.419. The SMILES string of the molecule is C[C@@H](NCc1ccccc1C(N)=O)C1CCCCCC1. The zero-order valence-electron chi connectivity index (χ0n) is 12.4. The van der Waals surface area contributed by atoms with Crippen LogP contribution in [0.3, 0.4) is 0 Å². The van der Waals surface area contributed by atoms with Gasteiger partial charge < -0.3 is 11.1 Å². The van der Waals surface area contributed by atoms with Crippen LogP contribution in [0.15, 0.2) is 24.3 Å². The van der Waals surface area contributed by atoms with Gasteiger partial charge in [0.2, 0.25) is 5.91 Å². The van der Waals surface area contributed by atoms with E-state index in [1.54, 1.807) is 6.07 Å². The van der Waals surface area contributed by atoms with Gasteiger partial charge in [0.1, 0.15) is 0 Å². The van der Waals surface area contributed by atoms with Crippen molar-refractivity contribution in [3.05, 3.63) is 35.4 Å². The minimum Gasteiger partial charge on any atom is -0.366 e. The molecule has 1 amide bonds. The molecule has 1 aliphatic carbocycles. The van der Waals surface area contributed by atoms with Crippen molar-refractivity contribution >= 4 is 5.91 Å². The van der Waals surface area contributed by atoms with E-state index in [-0.39, 0.29) is 5.91 Å². The molecule has 3 N–H and O–H groups in total. The van der Waals surface area contributed by atoms with Crippen LogP contribution in [-0.2, 0) is 6.54 Å². The smallest absolute Gasteiger partial charge is 0.249 e. The number of carbonyl (C=O) groups is 1. The minimum atomic E-state index is -0.343. The van der Waals surface area contributed by atoms with E-state index in [9.17, 15) is 4.79 Å². The van der Waals surface area contributed by atoms with Crippen molar-refractivity contribution in [2.45, 2.75) is 58.0 Å². The van der Waals surface area contributed by atoms with E-state index in [1.807, 2.05) is 18.2 Å². The summed E-state index contributed by atoms with van der Waals surface area (Å²) in [7, 11) is 0. The van der Waals surface area contributed by atoms with E-state index in [2.05, 4.69) is 12.2 Å². The Morgan fingerprint density at radius 2 is 1.90 bits per heavy atom. The molecule has 0 aliphatic heterocycles. The Bertz CT molecular complexity index is 436. The van der Waals surface area contributed by atoms with Gasteiger partial charge in [-0.05, 0) is 37.3 Å². The third-order valence-electron chi connectivity index (χ3n) is 4.50. The van der Waals surface area contributed by atoms with Crippen molar-refractivity contribution < 1.29 is 4.79 Å². The molecule has 0 radical (unpaired) electrons. The summed E-state index contributed by atoms with van der Waals surface area (Å²) >= 11 is 0. The molecule has 0 heterocycles. The highest BCUT2D eigenvalue weighted by atomic mass is 16.1. The van der Waals surface area contributed by atoms with Crippen molar-refractivity contribution in [3.63, 3.8) is 0 Å². The highest BCUT2D eigenvalue weighted by Gasteiger charge is 2.19. The van der Waals surface area contributed by atoms with E-state index >= 15 is 0 Å². The Kier molecular flexibility index (Phi) is 5.60. The lowest BCUT2D eigenvalue weighted by molar-refractivity contribution is 0.0999. The van der Waals surface area contributed by atoms with Crippen LogP contribution in [0.4, 0.5) is 0 Å². The molecule has 3 heteroatoms. The molecule has 0 spiro atoms. The lowest BCUT2D eigenvalue weighted by Gasteiger charge is -2.24. The molecule has 20 heavy (non-hydrogen) atoms. The highest BCUT2D eigenvalue weighted by Crippen LogP contribution is 2.25. The van der Waals surface area contributed by atoms with Crippen LogP contribution in [0.1, 0.15) is 61.4 Å². The van der Waals surface area contributed by atoms with Crippen molar-refractivity contribution in [1.29, 1.82) is 0 Å². The summed E-state index contributed by atoms with van der Waals surface area (Å²) in [6, 6.07) is 8.09. The number of nitrogens with one attached hydrogen (secondary N) is 1. The van der Waals surface area contributed by atoms with Gasteiger partial charge in [0.25, 0.3) is 0 Å². The molecule has 3 nitrogen and oxygen atoms in total. The average Bonchev–Trinajstić information content (AvgIpc) is 2.74. The highest BCUT2D eigenvalue weighted by molar-refractivity contribution is 5.94. The van der Waals surface area contributed by atoms with Crippen molar-refractivity contribution in [3.8, 4) is 0 Å². The van der Waals surface area contributed by atoms with Crippen LogP contribution < -0.4 is 11.1 Å².